The molecule has 0 bridgehead atoms. The zero-order valence-electron chi connectivity index (χ0n) is 27.4. The summed E-state index contributed by atoms with van der Waals surface area (Å²) in [5, 5.41) is 7.13. The molecule has 8 heteroatoms. The largest absolute Gasteiger partial charge is 0.493 e. The van der Waals surface area contributed by atoms with Crippen LogP contribution in [0.25, 0.3) is 0 Å². The van der Waals surface area contributed by atoms with E-state index in [1.165, 1.54) is 32.1 Å². The van der Waals surface area contributed by atoms with Crippen LogP contribution in [0.3, 0.4) is 0 Å². The zero-order valence-corrected chi connectivity index (χ0v) is 27.4. The van der Waals surface area contributed by atoms with Crippen molar-refractivity contribution in [3.8, 4) is 5.75 Å². The molecule has 2 N–H and O–H groups in total. The van der Waals surface area contributed by atoms with Crippen molar-refractivity contribution in [3.63, 3.8) is 0 Å². The van der Waals surface area contributed by atoms with E-state index in [1.54, 1.807) is 24.4 Å². The van der Waals surface area contributed by atoms with Crippen LogP contribution >= 0.6 is 0 Å². The molecule has 1 saturated carbocycles. The standard InChI is InChI=1S/C37H49N5O3/c1-5-42(6-2)22-21-41(4)26-31-13-10-14-32(23-31)36(43)39-35-20-19-33(45-27-30-11-8-7-9-12-30)24-34(35)37(44)40-38-25-29-17-15-28(3)16-18-29/h10,13-20,23-25,30H,5-9,11-12,21-22,26-27H2,1-4H3,(H,39,43)(H,40,44)/b38-25+. The lowest BCUT2D eigenvalue weighted by molar-refractivity contribution is 0.0955. The third-order valence-electron chi connectivity index (χ3n) is 8.49. The van der Waals surface area contributed by atoms with Crippen LogP contribution < -0.4 is 15.5 Å². The summed E-state index contributed by atoms with van der Waals surface area (Å²) in [6.45, 7) is 11.7. The smallest absolute Gasteiger partial charge is 0.273 e. The number of nitrogens with one attached hydrogen (secondary N) is 2. The molecule has 1 aliphatic carbocycles. The highest BCUT2D eigenvalue weighted by Crippen LogP contribution is 2.27. The van der Waals surface area contributed by atoms with Gasteiger partial charge < -0.3 is 19.9 Å². The minimum atomic E-state index is -0.430. The summed E-state index contributed by atoms with van der Waals surface area (Å²) in [7, 11) is 2.10. The number of carbonyl (C=O) groups excluding carboxylic acids is 2. The first-order valence-corrected chi connectivity index (χ1v) is 16.3. The number of hydrogen-bond donors (Lipinski definition) is 2. The third-order valence-corrected chi connectivity index (χ3v) is 8.49. The quantitative estimate of drug-likeness (QED) is 0.147. The second-order valence-corrected chi connectivity index (χ2v) is 12.1. The van der Waals surface area contributed by atoms with Gasteiger partial charge in [-0.25, -0.2) is 5.43 Å². The average molecular weight is 612 g/mol. The van der Waals surface area contributed by atoms with Gasteiger partial charge in [0.2, 0.25) is 0 Å². The maximum absolute atomic E-state index is 13.4. The fourth-order valence-corrected chi connectivity index (χ4v) is 5.60. The number of amides is 2. The number of aryl methyl sites for hydroxylation is 1. The van der Waals surface area contributed by atoms with E-state index >= 15 is 0 Å². The first-order valence-electron chi connectivity index (χ1n) is 16.3. The van der Waals surface area contributed by atoms with Crippen LogP contribution in [-0.4, -0.2) is 67.7 Å². The molecule has 0 aliphatic heterocycles. The number of anilines is 1. The number of carbonyl (C=O) groups is 2. The first-order chi connectivity index (χ1) is 21.8. The number of rotatable bonds is 15. The molecule has 45 heavy (non-hydrogen) atoms. The van der Waals surface area contributed by atoms with Gasteiger partial charge in [0.05, 0.1) is 24.1 Å². The fourth-order valence-electron chi connectivity index (χ4n) is 5.60. The number of ether oxygens (including phenoxy) is 1. The summed E-state index contributed by atoms with van der Waals surface area (Å²) < 4.78 is 6.13. The van der Waals surface area contributed by atoms with Gasteiger partial charge in [0.25, 0.3) is 11.8 Å². The Labute approximate surface area is 268 Å². The Kier molecular flexibility index (Phi) is 13.2. The molecule has 0 heterocycles. The molecule has 240 valence electrons. The van der Waals surface area contributed by atoms with Crippen molar-refractivity contribution in [1.82, 2.24) is 15.2 Å². The van der Waals surface area contributed by atoms with Crippen molar-refractivity contribution in [2.75, 3.05) is 45.2 Å². The molecule has 1 aliphatic rings. The second kappa shape index (κ2) is 17.5. The monoisotopic (exact) mass is 611 g/mol. The van der Waals surface area contributed by atoms with Crippen molar-refractivity contribution in [1.29, 1.82) is 0 Å². The zero-order chi connectivity index (χ0) is 32.0. The lowest BCUT2D eigenvalue weighted by atomic mass is 9.90. The van der Waals surface area contributed by atoms with Gasteiger partial charge in [0.1, 0.15) is 5.75 Å². The lowest BCUT2D eigenvalue weighted by Crippen LogP contribution is -2.32. The van der Waals surface area contributed by atoms with E-state index < -0.39 is 5.91 Å². The van der Waals surface area contributed by atoms with Crippen LogP contribution in [0.2, 0.25) is 0 Å². The molecular weight excluding hydrogens is 562 g/mol. The molecule has 1 fully saturated rings. The summed E-state index contributed by atoms with van der Waals surface area (Å²) in [4.78, 5) is 31.5. The molecular formula is C37H49N5O3. The van der Waals surface area contributed by atoms with Crippen molar-refractivity contribution in [3.05, 3.63) is 94.5 Å². The summed E-state index contributed by atoms with van der Waals surface area (Å²) in [5.41, 5.74) is 6.92. The third kappa shape index (κ3) is 10.8. The van der Waals surface area contributed by atoms with E-state index in [4.69, 9.17) is 4.74 Å². The predicted octanol–water partition coefficient (Wildman–Crippen LogP) is 6.74. The van der Waals surface area contributed by atoms with Gasteiger partial charge in [-0.3, -0.25) is 9.59 Å². The van der Waals surface area contributed by atoms with Crippen LogP contribution in [-0.2, 0) is 6.54 Å². The SMILES string of the molecule is CCN(CC)CCN(C)Cc1cccc(C(=O)Nc2ccc(OCC3CCCCC3)cc2C(=O)N/N=C/c2ccc(C)cc2)c1. The van der Waals surface area contributed by atoms with Gasteiger partial charge in [0.15, 0.2) is 0 Å². The Morgan fingerprint density at radius 3 is 2.42 bits per heavy atom. The topological polar surface area (TPSA) is 86.3 Å². The van der Waals surface area contributed by atoms with E-state index in [0.29, 0.717) is 29.5 Å². The highest BCUT2D eigenvalue weighted by Gasteiger charge is 2.18. The minimum absolute atomic E-state index is 0.282. The molecule has 4 rings (SSSR count). The second-order valence-electron chi connectivity index (χ2n) is 12.1. The minimum Gasteiger partial charge on any atom is -0.493 e. The van der Waals surface area contributed by atoms with Gasteiger partial charge in [-0.1, -0.05) is 75.1 Å². The van der Waals surface area contributed by atoms with Crippen LogP contribution in [0.4, 0.5) is 5.69 Å². The highest BCUT2D eigenvalue weighted by atomic mass is 16.5. The number of nitrogens with zero attached hydrogens (tertiary/aromatic N) is 3. The molecule has 0 aromatic heterocycles. The summed E-state index contributed by atoms with van der Waals surface area (Å²) >= 11 is 0. The van der Waals surface area contributed by atoms with Gasteiger partial charge >= 0.3 is 0 Å². The number of hydrogen-bond acceptors (Lipinski definition) is 6. The Bertz CT molecular complexity index is 1410. The number of likely N-dealkylation sites (N-methyl/N-ethyl adjacent to an activating group) is 2. The molecule has 0 radical (unpaired) electrons. The average Bonchev–Trinajstić information content (AvgIpc) is 3.06. The van der Waals surface area contributed by atoms with Crippen molar-refractivity contribution in [2.24, 2.45) is 11.0 Å². The van der Waals surface area contributed by atoms with Crippen molar-refractivity contribution >= 4 is 23.7 Å². The summed E-state index contributed by atoms with van der Waals surface area (Å²) in [6, 6.07) is 20.7. The molecule has 0 unspecified atom stereocenters. The van der Waals surface area contributed by atoms with Crippen molar-refractivity contribution < 1.29 is 14.3 Å². The van der Waals surface area contributed by atoms with Crippen LogP contribution in [0.15, 0.2) is 71.8 Å². The van der Waals surface area contributed by atoms with Crippen LogP contribution in [0.1, 0.15) is 83.4 Å². The van der Waals surface area contributed by atoms with E-state index in [9.17, 15) is 9.59 Å². The van der Waals surface area contributed by atoms with E-state index in [1.807, 2.05) is 55.5 Å². The van der Waals surface area contributed by atoms with Gasteiger partial charge in [-0.15, -0.1) is 0 Å². The first kappa shape index (κ1) is 33.9. The Balaban J connectivity index is 1.46. The van der Waals surface area contributed by atoms with Crippen LogP contribution in [0, 0.1) is 12.8 Å². The van der Waals surface area contributed by atoms with E-state index in [2.05, 4.69) is 46.5 Å². The Morgan fingerprint density at radius 1 is 0.933 bits per heavy atom. The van der Waals surface area contributed by atoms with Crippen LogP contribution in [0.5, 0.6) is 5.75 Å². The molecule has 3 aromatic carbocycles. The molecule has 0 atom stereocenters. The fraction of sp³-hybridized carbons (Fsp3) is 0.432. The molecule has 0 spiro atoms. The molecule has 0 saturated heterocycles. The number of benzene rings is 3. The maximum Gasteiger partial charge on any atom is 0.273 e. The predicted molar refractivity (Wildman–Crippen MR) is 183 cm³/mol. The normalized spacial score (nSPS) is 13.8. The van der Waals surface area contributed by atoms with Gasteiger partial charge in [0, 0.05) is 25.2 Å². The number of hydrazone groups is 1. The highest BCUT2D eigenvalue weighted by molar-refractivity contribution is 6.09. The molecule has 8 nitrogen and oxygen atoms in total. The Hall–Kier alpha value is -4.01. The van der Waals surface area contributed by atoms with E-state index in [0.717, 1.165) is 49.4 Å². The van der Waals surface area contributed by atoms with E-state index in [-0.39, 0.29) is 11.5 Å². The van der Waals surface area contributed by atoms with Gasteiger partial charge in [-0.05, 0) is 87.3 Å². The molecule has 2 amide bonds. The summed E-state index contributed by atoms with van der Waals surface area (Å²) in [5.74, 6) is 0.412. The summed E-state index contributed by atoms with van der Waals surface area (Å²) in [6.07, 6.45) is 7.69. The van der Waals surface area contributed by atoms with Crippen molar-refractivity contribution in [2.45, 2.75) is 59.4 Å². The molecule has 3 aromatic rings. The van der Waals surface area contributed by atoms with Gasteiger partial charge in [-0.2, -0.15) is 5.10 Å². The lowest BCUT2D eigenvalue weighted by Gasteiger charge is -2.23. The maximum atomic E-state index is 13.4. The Morgan fingerprint density at radius 2 is 1.69 bits per heavy atom.